The lowest BCUT2D eigenvalue weighted by Crippen LogP contribution is -2.39. The summed E-state index contributed by atoms with van der Waals surface area (Å²) >= 11 is 0. The summed E-state index contributed by atoms with van der Waals surface area (Å²) in [4.78, 5) is 27.3. The first-order valence-corrected chi connectivity index (χ1v) is 13.7. The molecule has 6 heteroatoms. The molecule has 206 valence electrons. The van der Waals surface area contributed by atoms with Gasteiger partial charge in [0.05, 0.1) is 11.5 Å². The largest absolute Gasteiger partial charge is 0.490 e. The van der Waals surface area contributed by atoms with Crippen molar-refractivity contribution in [3.63, 3.8) is 0 Å². The fourth-order valence-electron chi connectivity index (χ4n) is 5.49. The molecular formula is C34H35NO5. The number of rotatable bonds is 9. The predicted molar refractivity (Wildman–Crippen MR) is 154 cm³/mol. The zero-order chi connectivity index (χ0) is 28.1. The van der Waals surface area contributed by atoms with Crippen LogP contribution >= 0.6 is 0 Å². The van der Waals surface area contributed by atoms with Crippen LogP contribution < -0.4 is 14.8 Å². The second-order valence-electron chi connectivity index (χ2n) is 11.0. The zero-order valence-electron chi connectivity index (χ0n) is 23.2. The van der Waals surface area contributed by atoms with Crippen LogP contribution in [0.5, 0.6) is 11.5 Å². The Hall–Kier alpha value is -4.32. The molecule has 0 radical (unpaired) electrons. The van der Waals surface area contributed by atoms with Gasteiger partial charge in [-0.2, -0.15) is 0 Å². The first kappa shape index (κ1) is 27.3. The lowest BCUT2D eigenvalue weighted by Gasteiger charge is -2.39. The van der Waals surface area contributed by atoms with Crippen LogP contribution in [-0.4, -0.2) is 25.0 Å². The summed E-state index contributed by atoms with van der Waals surface area (Å²) in [5, 5.41) is 3.39. The molecule has 0 saturated carbocycles. The van der Waals surface area contributed by atoms with Gasteiger partial charge in [-0.05, 0) is 42.5 Å². The number of allylic oxidation sites excluding steroid dienone is 3. The summed E-state index contributed by atoms with van der Waals surface area (Å²) in [6.45, 7) is 6.73. The summed E-state index contributed by atoms with van der Waals surface area (Å²) in [6, 6.07) is 27.0. The Morgan fingerprint density at radius 1 is 0.875 bits per heavy atom. The van der Waals surface area contributed by atoms with Gasteiger partial charge in [-0.25, -0.2) is 4.79 Å². The number of Topliss-reactive ketones (excluding diaryl/α,β-unsaturated/α-hetero) is 1. The number of hydrogen-bond donors (Lipinski definition) is 1. The monoisotopic (exact) mass is 537 g/mol. The van der Waals surface area contributed by atoms with E-state index in [2.05, 4.69) is 19.2 Å². The van der Waals surface area contributed by atoms with E-state index in [1.807, 2.05) is 91.9 Å². The number of benzene rings is 3. The van der Waals surface area contributed by atoms with Gasteiger partial charge in [0.1, 0.15) is 31.3 Å². The van der Waals surface area contributed by atoms with E-state index in [0.29, 0.717) is 47.8 Å². The minimum absolute atomic E-state index is 0.0341. The third kappa shape index (κ3) is 6.12. The average molecular weight is 538 g/mol. The highest BCUT2D eigenvalue weighted by Crippen LogP contribution is 2.48. The smallest absolute Gasteiger partial charge is 0.336 e. The van der Waals surface area contributed by atoms with Crippen LogP contribution in [-0.2, 0) is 20.9 Å². The summed E-state index contributed by atoms with van der Waals surface area (Å²) in [7, 11) is 0. The summed E-state index contributed by atoms with van der Waals surface area (Å²) < 4.78 is 17.7. The van der Waals surface area contributed by atoms with Gasteiger partial charge in [0, 0.05) is 29.0 Å². The van der Waals surface area contributed by atoms with Crippen LogP contribution in [0.3, 0.4) is 0 Å². The molecule has 0 saturated heterocycles. The molecule has 3 aromatic carbocycles. The highest BCUT2D eigenvalue weighted by atomic mass is 16.6. The molecule has 1 atom stereocenters. The van der Waals surface area contributed by atoms with Crippen LogP contribution in [0, 0.1) is 5.41 Å². The van der Waals surface area contributed by atoms with Gasteiger partial charge in [0.2, 0.25) is 0 Å². The van der Waals surface area contributed by atoms with E-state index in [4.69, 9.17) is 14.2 Å². The molecule has 0 aromatic heterocycles. The Morgan fingerprint density at radius 3 is 2.30 bits per heavy atom. The van der Waals surface area contributed by atoms with E-state index < -0.39 is 11.9 Å². The summed E-state index contributed by atoms with van der Waals surface area (Å²) in [6.07, 6.45) is 1.12. The number of hydrogen-bond acceptors (Lipinski definition) is 6. The molecule has 5 rings (SSSR count). The third-order valence-electron chi connectivity index (χ3n) is 7.26. The molecule has 0 amide bonds. The minimum atomic E-state index is -0.602. The minimum Gasteiger partial charge on any atom is -0.490 e. The van der Waals surface area contributed by atoms with Crippen LogP contribution in [0.15, 0.2) is 107 Å². The number of carbonyl (C=O) groups is 2. The molecule has 0 unspecified atom stereocenters. The highest BCUT2D eigenvalue weighted by Gasteiger charge is 2.44. The molecule has 2 aliphatic rings. The maximum atomic E-state index is 13.7. The maximum absolute atomic E-state index is 13.7. The first-order valence-electron chi connectivity index (χ1n) is 13.7. The van der Waals surface area contributed by atoms with Gasteiger partial charge in [-0.1, -0.05) is 80.6 Å². The average Bonchev–Trinajstić information content (AvgIpc) is 2.94. The lowest BCUT2D eigenvalue weighted by molar-refractivity contribution is -0.140. The Labute approximate surface area is 235 Å². The fraction of sp³-hybridized carbons (Fsp3) is 0.294. The van der Waals surface area contributed by atoms with Gasteiger partial charge >= 0.3 is 5.97 Å². The number of esters is 1. The second-order valence-corrected chi connectivity index (χ2v) is 11.0. The van der Waals surface area contributed by atoms with Gasteiger partial charge < -0.3 is 19.5 Å². The SMILES string of the molecule is CC1=C(C(=O)OCCOc2ccccc2)[C@@H](c2ccccc2OCc2ccccc2)C2=C(CC(C)(C)CC2=O)N1. The molecule has 0 bridgehead atoms. The molecule has 1 heterocycles. The lowest BCUT2D eigenvalue weighted by atomic mass is 9.68. The number of ether oxygens (including phenoxy) is 3. The van der Waals surface area contributed by atoms with E-state index in [-0.39, 0.29) is 24.4 Å². The van der Waals surface area contributed by atoms with E-state index in [0.717, 1.165) is 16.8 Å². The number of dihydropyridines is 1. The Morgan fingerprint density at radius 2 is 1.55 bits per heavy atom. The molecule has 0 fully saturated rings. The first-order chi connectivity index (χ1) is 19.3. The van der Waals surface area contributed by atoms with Crippen molar-refractivity contribution >= 4 is 11.8 Å². The number of carbonyl (C=O) groups excluding carboxylic acids is 2. The Bertz CT molecular complexity index is 1440. The Kier molecular flexibility index (Phi) is 8.06. The van der Waals surface area contributed by atoms with E-state index >= 15 is 0 Å². The van der Waals surface area contributed by atoms with Crippen LogP contribution in [0.1, 0.15) is 50.7 Å². The van der Waals surface area contributed by atoms with Gasteiger partial charge in [0.15, 0.2) is 5.78 Å². The third-order valence-corrected chi connectivity index (χ3v) is 7.26. The Balaban J connectivity index is 1.45. The van der Waals surface area contributed by atoms with Crippen molar-refractivity contribution in [2.75, 3.05) is 13.2 Å². The van der Waals surface area contributed by atoms with Crippen molar-refractivity contribution in [1.82, 2.24) is 5.32 Å². The van der Waals surface area contributed by atoms with Crippen LogP contribution in [0.25, 0.3) is 0 Å². The topological polar surface area (TPSA) is 73.9 Å². The molecule has 1 aliphatic carbocycles. The predicted octanol–water partition coefficient (Wildman–Crippen LogP) is 6.49. The quantitative estimate of drug-likeness (QED) is 0.248. The van der Waals surface area contributed by atoms with Crippen molar-refractivity contribution in [3.8, 4) is 11.5 Å². The standard InChI is InChI=1S/C34H35NO5/c1-23-30(33(37)39-19-18-38-25-14-8-5-9-15-25)31(32-27(35-23)20-34(2,3)21-28(32)36)26-16-10-11-17-29(26)40-22-24-12-6-4-7-13-24/h4-17,31,35H,18-22H2,1-3H3/t31-/m1/s1. The van der Waals surface area contributed by atoms with Crippen LogP contribution in [0.4, 0.5) is 0 Å². The van der Waals surface area contributed by atoms with Gasteiger partial charge in [-0.3, -0.25) is 4.79 Å². The molecule has 40 heavy (non-hydrogen) atoms. The molecule has 1 N–H and O–H groups in total. The van der Waals surface area contributed by atoms with Gasteiger partial charge in [0.25, 0.3) is 0 Å². The molecule has 6 nitrogen and oxygen atoms in total. The summed E-state index contributed by atoms with van der Waals surface area (Å²) in [5.74, 6) is 0.295. The number of para-hydroxylation sites is 2. The highest BCUT2D eigenvalue weighted by molar-refractivity contribution is 6.04. The van der Waals surface area contributed by atoms with Gasteiger partial charge in [-0.15, -0.1) is 0 Å². The van der Waals surface area contributed by atoms with Crippen molar-refractivity contribution in [3.05, 3.63) is 119 Å². The van der Waals surface area contributed by atoms with E-state index in [9.17, 15) is 9.59 Å². The maximum Gasteiger partial charge on any atom is 0.336 e. The normalized spacial score (nSPS) is 18.1. The molecule has 0 spiro atoms. The number of ketones is 1. The molecule has 3 aromatic rings. The zero-order valence-corrected chi connectivity index (χ0v) is 23.2. The summed E-state index contributed by atoms with van der Waals surface area (Å²) in [5.41, 5.74) is 4.21. The van der Waals surface area contributed by atoms with Crippen molar-refractivity contribution < 1.29 is 23.8 Å². The van der Waals surface area contributed by atoms with Crippen LogP contribution in [0.2, 0.25) is 0 Å². The second kappa shape index (κ2) is 11.8. The fourth-order valence-corrected chi connectivity index (χ4v) is 5.49. The molecular weight excluding hydrogens is 502 g/mol. The molecule has 1 aliphatic heterocycles. The van der Waals surface area contributed by atoms with Crippen molar-refractivity contribution in [2.45, 2.75) is 46.1 Å². The number of nitrogens with one attached hydrogen (secondary N) is 1. The van der Waals surface area contributed by atoms with E-state index in [1.54, 1.807) is 0 Å². The van der Waals surface area contributed by atoms with Crippen molar-refractivity contribution in [2.24, 2.45) is 5.41 Å². The van der Waals surface area contributed by atoms with Crippen molar-refractivity contribution in [1.29, 1.82) is 0 Å². The van der Waals surface area contributed by atoms with E-state index in [1.165, 1.54) is 0 Å².